The predicted molar refractivity (Wildman–Crippen MR) is 78.8 cm³/mol. The summed E-state index contributed by atoms with van der Waals surface area (Å²) in [5, 5.41) is 2.25. The second kappa shape index (κ2) is 6.91. The SMILES string of the molecule is CCOC(=O)COc1ccc2ccccc2c1CCN. The summed E-state index contributed by atoms with van der Waals surface area (Å²) >= 11 is 0. The maximum atomic E-state index is 11.4. The van der Waals surface area contributed by atoms with Crippen LogP contribution in [0.1, 0.15) is 12.5 Å². The Labute approximate surface area is 118 Å². The summed E-state index contributed by atoms with van der Waals surface area (Å²) in [6.45, 7) is 2.58. The number of nitrogens with two attached hydrogens (primary N) is 1. The maximum absolute atomic E-state index is 11.4. The van der Waals surface area contributed by atoms with Crippen LogP contribution in [0.25, 0.3) is 10.8 Å². The van der Waals surface area contributed by atoms with E-state index >= 15 is 0 Å². The van der Waals surface area contributed by atoms with Crippen LogP contribution in [0.15, 0.2) is 36.4 Å². The summed E-state index contributed by atoms with van der Waals surface area (Å²) in [4.78, 5) is 11.4. The highest BCUT2D eigenvalue weighted by Crippen LogP contribution is 2.28. The Hall–Kier alpha value is -2.07. The minimum absolute atomic E-state index is 0.0796. The van der Waals surface area contributed by atoms with E-state index in [1.165, 1.54) is 0 Å². The monoisotopic (exact) mass is 273 g/mol. The van der Waals surface area contributed by atoms with Gasteiger partial charge in [-0.2, -0.15) is 0 Å². The Balaban J connectivity index is 2.27. The summed E-state index contributed by atoms with van der Waals surface area (Å²) in [6.07, 6.45) is 0.708. The normalized spacial score (nSPS) is 10.5. The Morgan fingerprint density at radius 3 is 2.75 bits per heavy atom. The highest BCUT2D eigenvalue weighted by molar-refractivity contribution is 5.88. The molecule has 0 aromatic heterocycles. The number of hydrogen-bond donors (Lipinski definition) is 1. The van der Waals surface area contributed by atoms with Crippen LogP contribution in [0.2, 0.25) is 0 Å². The fourth-order valence-corrected chi connectivity index (χ4v) is 2.19. The molecule has 106 valence electrons. The molecule has 0 saturated heterocycles. The van der Waals surface area contributed by atoms with Crippen LogP contribution in [-0.2, 0) is 16.0 Å². The number of carbonyl (C=O) groups excluding carboxylic acids is 1. The molecule has 0 aliphatic heterocycles. The van der Waals surface area contributed by atoms with E-state index in [4.69, 9.17) is 15.2 Å². The van der Waals surface area contributed by atoms with Crippen LogP contribution >= 0.6 is 0 Å². The third-order valence-electron chi connectivity index (χ3n) is 3.04. The van der Waals surface area contributed by atoms with E-state index < -0.39 is 0 Å². The first-order valence-electron chi connectivity index (χ1n) is 6.75. The van der Waals surface area contributed by atoms with Crippen molar-refractivity contribution in [2.24, 2.45) is 5.73 Å². The zero-order valence-electron chi connectivity index (χ0n) is 11.6. The molecular weight excluding hydrogens is 254 g/mol. The third kappa shape index (κ3) is 3.27. The average molecular weight is 273 g/mol. The maximum Gasteiger partial charge on any atom is 0.344 e. The van der Waals surface area contributed by atoms with Crippen molar-refractivity contribution in [2.75, 3.05) is 19.8 Å². The van der Waals surface area contributed by atoms with Crippen molar-refractivity contribution in [3.05, 3.63) is 42.0 Å². The molecule has 2 aromatic carbocycles. The number of benzene rings is 2. The van der Waals surface area contributed by atoms with Crippen molar-refractivity contribution in [3.63, 3.8) is 0 Å². The second-order valence-electron chi connectivity index (χ2n) is 4.40. The quantitative estimate of drug-likeness (QED) is 0.820. The minimum atomic E-state index is -0.362. The van der Waals surface area contributed by atoms with Crippen molar-refractivity contribution in [1.82, 2.24) is 0 Å². The lowest BCUT2D eigenvalue weighted by Crippen LogP contribution is -2.15. The molecule has 2 N–H and O–H groups in total. The van der Waals surface area contributed by atoms with Crippen LogP contribution in [0.3, 0.4) is 0 Å². The van der Waals surface area contributed by atoms with Gasteiger partial charge in [0, 0.05) is 5.56 Å². The van der Waals surface area contributed by atoms with Gasteiger partial charge >= 0.3 is 5.97 Å². The number of esters is 1. The summed E-state index contributed by atoms with van der Waals surface area (Å²) < 4.78 is 10.4. The number of fused-ring (bicyclic) bond motifs is 1. The molecule has 0 fully saturated rings. The molecule has 2 aromatic rings. The van der Waals surface area contributed by atoms with E-state index in [-0.39, 0.29) is 12.6 Å². The second-order valence-corrected chi connectivity index (χ2v) is 4.40. The van der Waals surface area contributed by atoms with E-state index in [0.29, 0.717) is 25.3 Å². The fourth-order valence-electron chi connectivity index (χ4n) is 2.19. The number of carbonyl (C=O) groups is 1. The lowest BCUT2D eigenvalue weighted by Gasteiger charge is -2.13. The van der Waals surface area contributed by atoms with Crippen LogP contribution < -0.4 is 10.5 Å². The third-order valence-corrected chi connectivity index (χ3v) is 3.04. The molecule has 0 aliphatic carbocycles. The fraction of sp³-hybridized carbons (Fsp3) is 0.312. The van der Waals surface area contributed by atoms with Crippen molar-refractivity contribution in [2.45, 2.75) is 13.3 Å². The Kier molecular flexibility index (Phi) is 4.96. The Morgan fingerprint density at radius 1 is 1.20 bits per heavy atom. The van der Waals surface area contributed by atoms with Crippen LogP contribution in [-0.4, -0.2) is 25.7 Å². The summed E-state index contributed by atoms with van der Waals surface area (Å²) in [5.74, 6) is 0.335. The van der Waals surface area contributed by atoms with Gasteiger partial charge in [0.05, 0.1) is 6.61 Å². The minimum Gasteiger partial charge on any atom is -0.482 e. The first kappa shape index (κ1) is 14.3. The first-order valence-corrected chi connectivity index (χ1v) is 6.75. The molecule has 0 saturated carbocycles. The van der Waals surface area contributed by atoms with Gasteiger partial charge in [-0.25, -0.2) is 4.79 Å². The van der Waals surface area contributed by atoms with Crippen molar-refractivity contribution in [1.29, 1.82) is 0 Å². The summed E-state index contributed by atoms with van der Waals surface area (Å²) in [7, 11) is 0. The van der Waals surface area contributed by atoms with Gasteiger partial charge in [-0.15, -0.1) is 0 Å². The van der Waals surface area contributed by atoms with Gasteiger partial charge < -0.3 is 15.2 Å². The number of ether oxygens (including phenoxy) is 2. The van der Waals surface area contributed by atoms with E-state index in [9.17, 15) is 4.79 Å². The lowest BCUT2D eigenvalue weighted by atomic mass is 10.0. The predicted octanol–water partition coefficient (Wildman–Crippen LogP) is 2.28. The Morgan fingerprint density at radius 2 is 2.00 bits per heavy atom. The van der Waals surface area contributed by atoms with E-state index in [0.717, 1.165) is 16.3 Å². The van der Waals surface area contributed by atoms with Crippen LogP contribution in [0, 0.1) is 0 Å². The largest absolute Gasteiger partial charge is 0.482 e. The molecule has 0 radical (unpaired) electrons. The highest BCUT2D eigenvalue weighted by atomic mass is 16.6. The molecule has 0 spiro atoms. The van der Waals surface area contributed by atoms with Gasteiger partial charge in [-0.3, -0.25) is 0 Å². The van der Waals surface area contributed by atoms with Crippen molar-refractivity contribution in [3.8, 4) is 5.75 Å². The van der Waals surface area contributed by atoms with Crippen molar-refractivity contribution < 1.29 is 14.3 Å². The lowest BCUT2D eigenvalue weighted by molar-refractivity contribution is -0.145. The summed E-state index contributed by atoms with van der Waals surface area (Å²) in [5.41, 5.74) is 6.71. The van der Waals surface area contributed by atoms with Crippen LogP contribution in [0.4, 0.5) is 0 Å². The molecule has 0 amide bonds. The molecule has 0 aliphatic rings. The standard InChI is InChI=1S/C16H19NO3/c1-2-19-16(18)11-20-15-8-7-12-5-3-4-6-13(12)14(15)9-10-17/h3-8H,2,9-11,17H2,1H3. The van der Waals surface area contributed by atoms with Crippen LogP contribution in [0.5, 0.6) is 5.75 Å². The molecule has 0 heterocycles. The zero-order valence-corrected chi connectivity index (χ0v) is 11.6. The van der Waals surface area contributed by atoms with Gasteiger partial charge in [0.2, 0.25) is 0 Å². The molecule has 2 rings (SSSR count). The molecule has 4 nitrogen and oxygen atoms in total. The number of hydrogen-bond acceptors (Lipinski definition) is 4. The molecule has 0 atom stereocenters. The zero-order chi connectivity index (χ0) is 14.4. The molecule has 0 unspecified atom stereocenters. The molecule has 20 heavy (non-hydrogen) atoms. The van der Waals surface area contributed by atoms with E-state index in [1.54, 1.807) is 6.92 Å². The molecular formula is C16H19NO3. The molecule has 0 bridgehead atoms. The van der Waals surface area contributed by atoms with Gasteiger partial charge in [-0.05, 0) is 36.7 Å². The van der Waals surface area contributed by atoms with Gasteiger partial charge in [-0.1, -0.05) is 30.3 Å². The van der Waals surface area contributed by atoms with E-state index in [2.05, 4.69) is 0 Å². The van der Waals surface area contributed by atoms with Gasteiger partial charge in [0.25, 0.3) is 0 Å². The first-order chi connectivity index (χ1) is 9.76. The van der Waals surface area contributed by atoms with E-state index in [1.807, 2.05) is 36.4 Å². The highest BCUT2D eigenvalue weighted by Gasteiger charge is 2.10. The molecule has 4 heteroatoms. The van der Waals surface area contributed by atoms with Crippen molar-refractivity contribution >= 4 is 16.7 Å². The van der Waals surface area contributed by atoms with Gasteiger partial charge in [0.1, 0.15) is 5.75 Å². The topological polar surface area (TPSA) is 61.5 Å². The smallest absolute Gasteiger partial charge is 0.344 e. The summed E-state index contributed by atoms with van der Waals surface area (Å²) in [6, 6.07) is 11.9. The number of rotatable bonds is 6. The van der Waals surface area contributed by atoms with Gasteiger partial charge in [0.15, 0.2) is 6.61 Å². The Bertz CT molecular complexity index is 595. The average Bonchev–Trinajstić information content (AvgIpc) is 2.47.